The van der Waals surface area contributed by atoms with Crippen LogP contribution in [0.15, 0.2) is 29.3 Å². The molecular formula is C15H23N3O. The van der Waals surface area contributed by atoms with Crippen LogP contribution >= 0.6 is 0 Å². The topological polar surface area (TPSA) is 59.6 Å². The molecule has 1 aliphatic rings. The minimum atomic E-state index is 0.436. The monoisotopic (exact) mass is 261 g/mol. The maximum atomic E-state index is 5.60. The third-order valence-electron chi connectivity index (χ3n) is 3.59. The fraction of sp³-hybridized carbons (Fsp3) is 0.533. The number of amidine groups is 1. The molecule has 4 heteroatoms. The highest BCUT2D eigenvalue weighted by Gasteiger charge is 2.13. The van der Waals surface area contributed by atoms with Crippen molar-refractivity contribution in [3.8, 4) is 5.75 Å². The van der Waals surface area contributed by atoms with Crippen LogP contribution in [0.1, 0.15) is 37.7 Å². The molecule has 0 bridgehead atoms. The van der Waals surface area contributed by atoms with E-state index in [-0.39, 0.29) is 0 Å². The van der Waals surface area contributed by atoms with Crippen LogP contribution in [0.2, 0.25) is 0 Å². The Morgan fingerprint density at radius 3 is 2.84 bits per heavy atom. The molecule has 0 heterocycles. The fourth-order valence-electron chi connectivity index (χ4n) is 2.54. The van der Waals surface area contributed by atoms with Gasteiger partial charge in [-0.2, -0.15) is 0 Å². The van der Waals surface area contributed by atoms with E-state index in [0.717, 1.165) is 23.6 Å². The first-order chi connectivity index (χ1) is 9.31. The summed E-state index contributed by atoms with van der Waals surface area (Å²) in [5.41, 5.74) is 3.90. The molecule has 2 rings (SSSR count). The van der Waals surface area contributed by atoms with Crippen LogP contribution in [-0.4, -0.2) is 19.0 Å². The molecule has 1 aromatic rings. The average Bonchev–Trinajstić information content (AvgIpc) is 2.48. The second-order valence-corrected chi connectivity index (χ2v) is 5.04. The van der Waals surface area contributed by atoms with Crippen LogP contribution in [0.25, 0.3) is 0 Å². The largest absolute Gasteiger partial charge is 0.497 e. The van der Waals surface area contributed by atoms with Crippen LogP contribution in [0.4, 0.5) is 0 Å². The molecule has 0 radical (unpaired) electrons. The molecule has 0 spiro atoms. The number of methoxy groups -OCH3 is 1. The van der Waals surface area contributed by atoms with E-state index in [4.69, 9.17) is 15.6 Å². The number of hydrogen-bond acceptors (Lipinski definition) is 3. The summed E-state index contributed by atoms with van der Waals surface area (Å²) in [6, 6.07) is 8.45. The number of hydrogen-bond donors (Lipinski definition) is 2. The molecule has 19 heavy (non-hydrogen) atoms. The summed E-state index contributed by atoms with van der Waals surface area (Å²) in [4.78, 5) is 4.74. The smallest absolute Gasteiger partial charge is 0.119 e. The number of rotatable bonds is 4. The first-order valence-corrected chi connectivity index (χ1v) is 6.98. The van der Waals surface area contributed by atoms with Crippen LogP contribution in [0, 0.1) is 0 Å². The minimum absolute atomic E-state index is 0.436. The van der Waals surface area contributed by atoms with Gasteiger partial charge in [-0.3, -0.25) is 4.99 Å². The highest BCUT2D eigenvalue weighted by molar-refractivity contribution is 5.84. The lowest BCUT2D eigenvalue weighted by atomic mass is 9.96. The van der Waals surface area contributed by atoms with Crippen LogP contribution in [0.3, 0.4) is 0 Å². The molecule has 0 atom stereocenters. The van der Waals surface area contributed by atoms with Gasteiger partial charge in [-0.15, -0.1) is 0 Å². The zero-order valence-corrected chi connectivity index (χ0v) is 11.6. The van der Waals surface area contributed by atoms with Crippen molar-refractivity contribution in [3.63, 3.8) is 0 Å². The molecule has 1 aromatic carbocycles. The van der Waals surface area contributed by atoms with Gasteiger partial charge in [0.2, 0.25) is 0 Å². The summed E-state index contributed by atoms with van der Waals surface area (Å²) >= 11 is 0. The van der Waals surface area contributed by atoms with Gasteiger partial charge in [0.25, 0.3) is 0 Å². The molecule has 0 aliphatic heterocycles. The van der Waals surface area contributed by atoms with E-state index in [1.165, 1.54) is 32.1 Å². The van der Waals surface area contributed by atoms with Crippen LogP contribution in [0.5, 0.6) is 5.75 Å². The zero-order chi connectivity index (χ0) is 13.5. The van der Waals surface area contributed by atoms with Gasteiger partial charge in [-0.1, -0.05) is 31.4 Å². The molecule has 0 saturated heterocycles. The highest BCUT2D eigenvalue weighted by atomic mass is 16.5. The molecular weight excluding hydrogens is 238 g/mol. The Balaban J connectivity index is 2.02. The Morgan fingerprint density at radius 1 is 1.37 bits per heavy atom. The van der Waals surface area contributed by atoms with Gasteiger partial charge in [-0.05, 0) is 30.5 Å². The summed E-state index contributed by atoms with van der Waals surface area (Å²) in [6.45, 7) is 0. The van der Waals surface area contributed by atoms with Gasteiger partial charge < -0.3 is 10.2 Å². The van der Waals surface area contributed by atoms with Crippen molar-refractivity contribution in [2.24, 2.45) is 10.8 Å². The van der Waals surface area contributed by atoms with Crippen molar-refractivity contribution < 1.29 is 4.74 Å². The van der Waals surface area contributed by atoms with E-state index in [1.54, 1.807) is 7.11 Å². The Kier molecular flexibility index (Phi) is 5.21. The molecule has 1 aliphatic carbocycles. The van der Waals surface area contributed by atoms with Gasteiger partial charge >= 0.3 is 0 Å². The van der Waals surface area contributed by atoms with Crippen LogP contribution < -0.4 is 16.0 Å². The number of nitrogens with two attached hydrogens (primary N) is 1. The first kappa shape index (κ1) is 13.9. The van der Waals surface area contributed by atoms with Crippen molar-refractivity contribution in [1.82, 2.24) is 5.43 Å². The van der Waals surface area contributed by atoms with Crippen molar-refractivity contribution in [2.45, 2.75) is 44.6 Å². The lowest BCUT2D eigenvalue weighted by molar-refractivity contribution is 0.414. The van der Waals surface area contributed by atoms with E-state index in [0.29, 0.717) is 6.04 Å². The fourth-order valence-corrected chi connectivity index (χ4v) is 2.54. The lowest BCUT2D eigenvalue weighted by Gasteiger charge is -2.19. The van der Waals surface area contributed by atoms with Gasteiger partial charge in [-0.25, -0.2) is 5.84 Å². The SMILES string of the molecule is COc1cccc(CC(=NC2CCCCC2)NN)c1. The average molecular weight is 261 g/mol. The maximum Gasteiger partial charge on any atom is 0.119 e. The van der Waals surface area contributed by atoms with Crippen molar-refractivity contribution in [2.75, 3.05) is 7.11 Å². The Labute approximate surface area is 115 Å². The zero-order valence-electron chi connectivity index (χ0n) is 11.6. The second-order valence-electron chi connectivity index (χ2n) is 5.04. The molecule has 0 aromatic heterocycles. The summed E-state index contributed by atoms with van der Waals surface area (Å²) in [5.74, 6) is 7.32. The van der Waals surface area contributed by atoms with E-state index >= 15 is 0 Å². The number of nitrogens with one attached hydrogen (secondary N) is 1. The summed E-state index contributed by atoms with van der Waals surface area (Å²) in [5, 5.41) is 0. The number of benzene rings is 1. The Hall–Kier alpha value is -1.55. The quantitative estimate of drug-likeness (QED) is 0.379. The van der Waals surface area contributed by atoms with Gasteiger partial charge in [0.1, 0.15) is 11.6 Å². The predicted molar refractivity (Wildman–Crippen MR) is 78.3 cm³/mol. The van der Waals surface area contributed by atoms with Crippen molar-refractivity contribution in [1.29, 1.82) is 0 Å². The third-order valence-corrected chi connectivity index (χ3v) is 3.59. The molecule has 0 unspecified atom stereocenters. The lowest BCUT2D eigenvalue weighted by Crippen LogP contribution is -2.33. The van der Waals surface area contributed by atoms with Crippen molar-refractivity contribution >= 4 is 5.84 Å². The van der Waals surface area contributed by atoms with Crippen molar-refractivity contribution in [3.05, 3.63) is 29.8 Å². The van der Waals surface area contributed by atoms with E-state index < -0.39 is 0 Å². The molecule has 1 saturated carbocycles. The third kappa shape index (κ3) is 4.24. The molecule has 3 N–H and O–H groups in total. The second kappa shape index (κ2) is 7.14. The minimum Gasteiger partial charge on any atom is -0.497 e. The predicted octanol–water partition coefficient (Wildman–Crippen LogP) is 2.43. The maximum absolute atomic E-state index is 5.60. The number of aliphatic imine (C=N–C) groups is 1. The summed E-state index contributed by atoms with van der Waals surface area (Å²) < 4.78 is 5.23. The molecule has 4 nitrogen and oxygen atoms in total. The normalized spacial score (nSPS) is 17.3. The van der Waals surface area contributed by atoms with E-state index in [1.807, 2.05) is 18.2 Å². The van der Waals surface area contributed by atoms with E-state index in [2.05, 4.69) is 11.5 Å². The van der Waals surface area contributed by atoms with Crippen LogP contribution in [-0.2, 0) is 6.42 Å². The molecule has 0 amide bonds. The van der Waals surface area contributed by atoms with E-state index in [9.17, 15) is 0 Å². The van der Waals surface area contributed by atoms with Gasteiger partial charge in [0.15, 0.2) is 0 Å². The number of nitrogens with zero attached hydrogens (tertiary/aromatic N) is 1. The first-order valence-electron chi connectivity index (χ1n) is 6.98. The Bertz CT molecular complexity index is 425. The summed E-state index contributed by atoms with van der Waals surface area (Å²) in [7, 11) is 1.68. The number of hydrazine groups is 1. The standard InChI is InChI=1S/C15H23N3O/c1-19-14-9-5-6-12(10-14)11-15(18-16)17-13-7-3-2-4-8-13/h5-6,9-10,13H,2-4,7-8,11,16H2,1H3,(H,17,18). The molecule has 104 valence electrons. The highest BCUT2D eigenvalue weighted by Crippen LogP contribution is 2.20. The summed E-state index contributed by atoms with van der Waals surface area (Å²) in [6.07, 6.45) is 7.00. The van der Waals surface area contributed by atoms with Gasteiger partial charge in [0, 0.05) is 6.42 Å². The molecule has 1 fully saturated rings. The Morgan fingerprint density at radius 2 is 2.16 bits per heavy atom. The number of ether oxygens (including phenoxy) is 1. The van der Waals surface area contributed by atoms with Gasteiger partial charge in [0.05, 0.1) is 13.2 Å².